The Morgan fingerprint density at radius 1 is 0.281 bits per heavy atom. The molecule has 1 aliphatic heterocycles. The molecule has 0 radical (unpaired) electrons. The SMILES string of the molecule is Brc1ccc2c(c1)oc1c3ccccc3c3ccccc3c21.CC1(C)OB(c2ccc3c(c2)oc2c4ccccc4c4ccccc4c32)OC1(C)C.O=[N+]([O-])c1ccccc1-c1ccc2c(c1)oc1c3ccccc3c3ccccc3c21.O=[N+]([O-])c1ccccc1Br.c1ccc(P(c2ccccc2)c2ccccc2)cc1.c1ccc2c(c1)Cc1c-2ccc2c1oc1c3ccccc3c3ccccc3c21. The first-order valence-electron chi connectivity index (χ1n) is 46.2. The Morgan fingerprint density at radius 2 is 0.604 bits per heavy atom. The molecule has 26 aromatic rings. The van der Waals surface area contributed by atoms with E-state index in [4.69, 9.17) is 27.0 Å². The number of nitro benzene ring substituents is 2. The maximum absolute atomic E-state index is 11.5. The van der Waals surface area contributed by atoms with E-state index in [1.807, 2.05) is 48.5 Å². The molecule has 0 N–H and O–H groups in total. The first-order valence-corrected chi connectivity index (χ1v) is 49.1. The van der Waals surface area contributed by atoms with E-state index in [1.54, 1.807) is 30.3 Å². The van der Waals surface area contributed by atoms with Crippen molar-refractivity contribution in [2.24, 2.45) is 0 Å². The number of rotatable bonds is 7. The molecule has 139 heavy (non-hydrogen) atoms. The number of nitro groups is 2. The third-order valence-electron chi connectivity index (χ3n) is 27.4. The Bertz CT molecular complexity index is 9300. The summed E-state index contributed by atoms with van der Waals surface area (Å²) in [4.78, 5) is 20.9. The van der Waals surface area contributed by atoms with Crippen LogP contribution in [0.4, 0.5) is 11.4 Å². The summed E-state index contributed by atoms with van der Waals surface area (Å²) in [6.45, 7) is 8.30. The lowest BCUT2D eigenvalue weighted by Crippen LogP contribution is -2.41. The van der Waals surface area contributed by atoms with Crippen LogP contribution in [0.1, 0.15) is 38.8 Å². The van der Waals surface area contributed by atoms with Crippen LogP contribution >= 0.6 is 39.8 Å². The van der Waals surface area contributed by atoms with Crippen molar-refractivity contribution in [2.45, 2.75) is 45.3 Å². The van der Waals surface area contributed by atoms with Crippen LogP contribution in [0.15, 0.2) is 451 Å². The molecule has 0 bridgehead atoms. The van der Waals surface area contributed by atoms with Crippen molar-refractivity contribution in [3.63, 3.8) is 0 Å². The van der Waals surface area contributed by atoms with Gasteiger partial charge in [0.25, 0.3) is 11.4 Å². The van der Waals surface area contributed by atoms with Gasteiger partial charge < -0.3 is 27.0 Å². The highest BCUT2D eigenvalue weighted by Crippen LogP contribution is 2.50. The molecule has 0 unspecified atom stereocenters. The summed E-state index contributed by atoms with van der Waals surface area (Å²) in [5.41, 5.74) is 14.5. The molecule has 1 fully saturated rings. The van der Waals surface area contributed by atoms with Gasteiger partial charge in [-0.1, -0.05) is 374 Å². The zero-order valence-corrected chi connectivity index (χ0v) is 79.9. The van der Waals surface area contributed by atoms with Crippen molar-refractivity contribution >= 4 is 254 Å². The fourth-order valence-corrected chi connectivity index (χ4v) is 23.3. The molecule has 22 aromatic carbocycles. The fourth-order valence-electron chi connectivity index (χ4n) is 20.2. The number of hydrogen-bond acceptors (Lipinski definition) is 10. The summed E-state index contributed by atoms with van der Waals surface area (Å²) < 4.78 is 39.8. The second-order valence-corrected chi connectivity index (χ2v) is 39.9. The second-order valence-electron chi connectivity index (χ2n) is 35.9. The number of nitrogens with zero attached hydrogens (tertiary/aromatic N) is 2. The Balaban J connectivity index is 0.0000000955. The summed E-state index contributed by atoms with van der Waals surface area (Å²) in [7, 11) is -0.848. The summed E-state index contributed by atoms with van der Waals surface area (Å²) in [6, 6.07) is 145. The number of hydrogen-bond donors (Lipinski definition) is 0. The van der Waals surface area contributed by atoms with Crippen molar-refractivity contribution < 1.29 is 36.8 Å². The fraction of sp³-hybridized carbons (Fsp3) is 0.0569. The summed E-state index contributed by atoms with van der Waals surface area (Å²) in [5, 5.41) is 54.4. The molecule has 0 amide bonds. The van der Waals surface area contributed by atoms with Gasteiger partial charge in [0.15, 0.2) is 0 Å². The molecule has 5 heterocycles. The van der Waals surface area contributed by atoms with Gasteiger partial charge in [-0.05, 0) is 214 Å². The van der Waals surface area contributed by atoms with Crippen LogP contribution in [-0.2, 0) is 15.7 Å². The van der Waals surface area contributed by atoms with E-state index >= 15 is 0 Å². The first kappa shape index (κ1) is 87.3. The first-order chi connectivity index (χ1) is 68.0. The van der Waals surface area contributed by atoms with Crippen molar-refractivity contribution in [1.29, 1.82) is 0 Å². The van der Waals surface area contributed by atoms with Crippen LogP contribution in [-0.4, -0.2) is 28.2 Å². The maximum Gasteiger partial charge on any atom is 0.494 e. The van der Waals surface area contributed by atoms with Gasteiger partial charge in [-0.15, -0.1) is 0 Å². The van der Waals surface area contributed by atoms with Crippen LogP contribution in [0.3, 0.4) is 0 Å². The zero-order chi connectivity index (χ0) is 94.3. The maximum atomic E-state index is 11.5. The van der Waals surface area contributed by atoms with E-state index in [2.05, 4.69) is 393 Å². The zero-order valence-electron chi connectivity index (χ0n) is 75.9. The number of halogens is 2. The molecule has 12 nitrogen and oxygen atoms in total. The highest BCUT2D eigenvalue weighted by molar-refractivity contribution is 9.10. The van der Waals surface area contributed by atoms with E-state index in [-0.39, 0.29) is 27.5 Å². The van der Waals surface area contributed by atoms with Gasteiger partial charge in [0.2, 0.25) is 0 Å². The molecule has 16 heteroatoms. The number of fused-ring (bicyclic) bond motifs is 36. The van der Waals surface area contributed by atoms with E-state index < -0.39 is 20.0 Å². The molecule has 0 saturated carbocycles. The smallest absolute Gasteiger partial charge is 0.455 e. The molecule has 1 aliphatic carbocycles. The lowest BCUT2D eigenvalue weighted by Gasteiger charge is -2.32. The second kappa shape index (κ2) is 36.1. The standard InChI is InChI=1S/C27H16O.C26H23BO3.C26H15NO3.C20H11BrO.C18H15P.C6H4BrNO2/c1-2-8-17-16(7-1)15-24-20(17)13-14-23-25-21-11-5-3-9-18(21)19-10-4-6-12-22(19)27(25)28-26(23)24;1-25(2)26(3,4)30-27(29-25)16-13-14-21-22(15-16)28-24-20-12-8-6-10-18(20)17-9-5-7-11-19(17)23(21)24;28-27(29)23-12-6-5-7-17(23)16-13-14-22-24(15-16)30-26-21-11-4-2-9-19(21)18-8-1-3-10-20(18)25(22)26;21-12-9-10-17-18(11-12)22-20-16-8-4-2-6-14(16)13-5-1-3-7-15(13)19(17)20;1-4-10-16(11-5-1)19(17-12-6-2-7-13-17)18-14-8-3-9-15-18;7-5-3-1-2-4-6(5)8(9)10/h1-14H,15H2;5-15H,1-4H3;1-15H;1-11H;1-15H;1-4H. The minimum Gasteiger partial charge on any atom is -0.455 e. The average molecular weight is 1950 g/mol. The minimum absolute atomic E-state index is 0.0869. The Kier molecular flexibility index (Phi) is 22.7. The molecule has 1 saturated heterocycles. The Labute approximate surface area is 816 Å². The van der Waals surface area contributed by atoms with E-state index in [0.29, 0.717) is 10.0 Å². The molecule has 2 aliphatic rings. The number of furan rings is 4. The average Bonchev–Trinajstić information content (AvgIpc) is 1.57. The quantitative estimate of drug-likeness (QED) is 0.0494. The van der Waals surface area contributed by atoms with Gasteiger partial charge in [-0.25, -0.2) is 0 Å². The minimum atomic E-state index is -0.446. The van der Waals surface area contributed by atoms with Crippen LogP contribution in [0.5, 0.6) is 0 Å². The molecular formula is C123H84BBr2N2O10P. The number of para-hydroxylation sites is 2. The topological polar surface area (TPSA) is 157 Å². The monoisotopic (exact) mass is 1950 g/mol. The third kappa shape index (κ3) is 15.6. The highest BCUT2D eigenvalue weighted by Gasteiger charge is 2.52. The molecule has 0 spiro atoms. The largest absolute Gasteiger partial charge is 0.494 e. The van der Waals surface area contributed by atoms with Crippen LogP contribution in [0, 0.1) is 20.2 Å². The Morgan fingerprint density at radius 3 is 1.03 bits per heavy atom. The molecule has 4 aromatic heterocycles. The molecule has 668 valence electrons. The van der Waals surface area contributed by atoms with Gasteiger partial charge >= 0.3 is 7.12 Å². The molecule has 0 atom stereocenters. The summed E-state index contributed by atoms with van der Waals surface area (Å²) in [6.07, 6.45) is 0.943. The van der Waals surface area contributed by atoms with Gasteiger partial charge in [0.05, 0.1) is 31.1 Å². The van der Waals surface area contributed by atoms with Gasteiger partial charge in [0.1, 0.15) is 44.7 Å². The lowest BCUT2D eigenvalue weighted by molar-refractivity contribution is -0.385. The molecule has 28 rings (SSSR count). The summed E-state index contributed by atoms with van der Waals surface area (Å²) in [5.74, 6) is 0. The predicted octanol–water partition coefficient (Wildman–Crippen LogP) is 33.6. The summed E-state index contributed by atoms with van der Waals surface area (Å²) >= 11 is 6.58. The number of benzene rings is 22. The van der Waals surface area contributed by atoms with Crippen molar-refractivity contribution in [2.75, 3.05) is 0 Å². The predicted molar refractivity (Wildman–Crippen MR) is 585 cm³/mol. The van der Waals surface area contributed by atoms with E-state index in [0.717, 1.165) is 104 Å². The highest BCUT2D eigenvalue weighted by atomic mass is 79.9. The van der Waals surface area contributed by atoms with Gasteiger partial charge in [-0.2, -0.15) is 0 Å². The van der Waals surface area contributed by atoms with E-state index in [9.17, 15) is 20.2 Å². The van der Waals surface area contributed by atoms with Crippen molar-refractivity contribution in [3.8, 4) is 22.3 Å². The lowest BCUT2D eigenvalue weighted by atomic mass is 9.79. The van der Waals surface area contributed by atoms with E-state index in [1.165, 1.54) is 142 Å². The van der Waals surface area contributed by atoms with Gasteiger partial charge in [0, 0.05) is 93.2 Å². The van der Waals surface area contributed by atoms with Crippen LogP contribution in [0.25, 0.3) is 196 Å². The third-order valence-corrected chi connectivity index (χ3v) is 31.0. The van der Waals surface area contributed by atoms with Crippen LogP contribution < -0.4 is 21.4 Å². The van der Waals surface area contributed by atoms with Crippen LogP contribution in [0.2, 0.25) is 0 Å². The normalized spacial score (nSPS) is 13.0. The van der Waals surface area contributed by atoms with Gasteiger partial charge in [-0.3, -0.25) is 20.2 Å². The van der Waals surface area contributed by atoms with Crippen molar-refractivity contribution in [3.05, 3.63) is 465 Å². The Hall–Kier alpha value is -15.7. The van der Waals surface area contributed by atoms with Crippen molar-refractivity contribution in [1.82, 2.24) is 0 Å². The molecular weight excluding hydrogens is 1870 g/mol.